The molecule has 6 aromatic carbocycles. The van der Waals surface area contributed by atoms with E-state index in [9.17, 15) is 29.7 Å². The highest BCUT2D eigenvalue weighted by Gasteiger charge is 2.28. The molecule has 0 saturated heterocycles. The van der Waals surface area contributed by atoms with Crippen LogP contribution < -0.4 is 4.90 Å². The molecule has 0 spiro atoms. The maximum atomic E-state index is 12.8. The molecule has 0 saturated carbocycles. The van der Waals surface area contributed by atoms with E-state index < -0.39 is 17.9 Å². The highest BCUT2D eigenvalue weighted by Crippen LogP contribution is 2.43. The van der Waals surface area contributed by atoms with Gasteiger partial charge in [-0.05, 0) is 69.8 Å². The summed E-state index contributed by atoms with van der Waals surface area (Å²) in [5, 5.41) is 31.4. The maximum absolute atomic E-state index is 12.8. The number of anilines is 3. The third kappa shape index (κ3) is 5.85. The van der Waals surface area contributed by atoms with E-state index in [4.69, 9.17) is 0 Å². The molecule has 7 heteroatoms. The minimum atomic E-state index is -1.26. The van der Waals surface area contributed by atoms with Crippen LogP contribution in [0.3, 0.4) is 0 Å². The predicted molar refractivity (Wildman–Crippen MR) is 178 cm³/mol. The van der Waals surface area contributed by atoms with Crippen LogP contribution in [0, 0.1) is 0 Å². The Bertz CT molecular complexity index is 1840. The lowest BCUT2D eigenvalue weighted by atomic mass is 9.96. The first kappa shape index (κ1) is 29.6. The van der Waals surface area contributed by atoms with Gasteiger partial charge >= 0.3 is 17.9 Å². The second-order valence-corrected chi connectivity index (χ2v) is 10.5. The summed E-state index contributed by atoms with van der Waals surface area (Å²) >= 11 is 0. The third-order valence-electron chi connectivity index (χ3n) is 7.72. The van der Waals surface area contributed by atoms with Crippen LogP contribution in [0.2, 0.25) is 0 Å². The molecule has 0 heterocycles. The van der Waals surface area contributed by atoms with Crippen molar-refractivity contribution in [2.45, 2.75) is 0 Å². The topological polar surface area (TPSA) is 115 Å². The standard InChI is InChI=1S/C39H27NO6/c41-37(42)31-22-28(25-10-4-1-5-11-25)16-19-34(31)40(35-20-17-29(23-32(35)38(43)44)26-12-6-2-7-13-26)36-21-18-30(24-33(36)39(45)46)27-14-8-3-9-15-27/h1-24H,(H,41,42)(H,43,44)(H,45,46). The fourth-order valence-corrected chi connectivity index (χ4v) is 5.53. The molecule has 0 aliphatic carbocycles. The van der Waals surface area contributed by atoms with Gasteiger partial charge in [0.25, 0.3) is 0 Å². The van der Waals surface area contributed by atoms with Crippen molar-refractivity contribution in [3.8, 4) is 33.4 Å². The number of carbonyl (C=O) groups is 3. The van der Waals surface area contributed by atoms with Gasteiger partial charge in [-0.3, -0.25) is 0 Å². The predicted octanol–water partition coefficient (Wildman–Crippen LogP) is 9.25. The van der Waals surface area contributed by atoms with Gasteiger partial charge in [-0.25, -0.2) is 14.4 Å². The second kappa shape index (κ2) is 12.6. The second-order valence-electron chi connectivity index (χ2n) is 10.5. The van der Waals surface area contributed by atoms with Crippen LogP contribution >= 0.6 is 0 Å². The zero-order valence-corrected chi connectivity index (χ0v) is 24.4. The molecule has 0 aliphatic rings. The molecular weight excluding hydrogens is 578 g/mol. The SMILES string of the molecule is O=C(O)c1cc(-c2ccccc2)ccc1N(c1ccc(-c2ccccc2)cc1C(=O)O)c1ccc(-c2ccccc2)cc1C(=O)O. The number of hydrogen-bond donors (Lipinski definition) is 3. The van der Waals surface area contributed by atoms with Crippen LogP contribution in [-0.2, 0) is 0 Å². The van der Waals surface area contributed by atoms with Gasteiger partial charge in [-0.2, -0.15) is 0 Å². The van der Waals surface area contributed by atoms with Gasteiger partial charge in [0.05, 0.1) is 33.8 Å². The van der Waals surface area contributed by atoms with Gasteiger partial charge in [0, 0.05) is 0 Å². The Kier molecular flexibility index (Phi) is 8.13. The van der Waals surface area contributed by atoms with E-state index in [-0.39, 0.29) is 33.8 Å². The number of rotatable bonds is 9. The Morgan fingerprint density at radius 3 is 0.848 bits per heavy atom. The van der Waals surface area contributed by atoms with Crippen LogP contribution in [0.4, 0.5) is 17.1 Å². The smallest absolute Gasteiger partial charge is 0.337 e. The molecule has 0 atom stereocenters. The summed E-state index contributed by atoms with van der Waals surface area (Å²) in [6.07, 6.45) is 0. The Hall–Kier alpha value is -6.47. The minimum absolute atomic E-state index is 0.108. The summed E-state index contributed by atoms with van der Waals surface area (Å²) in [5.41, 5.74) is 4.22. The first-order valence-corrected chi connectivity index (χ1v) is 14.4. The number of hydrogen-bond acceptors (Lipinski definition) is 4. The molecule has 3 N–H and O–H groups in total. The molecule has 224 valence electrons. The average molecular weight is 606 g/mol. The van der Waals surface area contributed by atoms with Gasteiger partial charge in [-0.15, -0.1) is 0 Å². The highest BCUT2D eigenvalue weighted by atomic mass is 16.4. The monoisotopic (exact) mass is 605 g/mol. The normalized spacial score (nSPS) is 10.7. The number of benzene rings is 6. The Morgan fingerprint density at radius 1 is 0.348 bits per heavy atom. The van der Waals surface area contributed by atoms with Gasteiger partial charge < -0.3 is 20.2 Å². The summed E-state index contributed by atoms with van der Waals surface area (Å²) in [4.78, 5) is 39.9. The molecule has 0 amide bonds. The van der Waals surface area contributed by atoms with E-state index in [1.54, 1.807) is 36.4 Å². The first-order valence-electron chi connectivity index (χ1n) is 14.4. The van der Waals surface area contributed by atoms with Crippen LogP contribution in [0.5, 0.6) is 0 Å². The zero-order chi connectivity index (χ0) is 32.2. The molecule has 0 unspecified atom stereocenters. The average Bonchev–Trinajstić information content (AvgIpc) is 3.09. The third-order valence-corrected chi connectivity index (χ3v) is 7.72. The summed E-state index contributed by atoms with van der Waals surface area (Å²) < 4.78 is 0. The van der Waals surface area contributed by atoms with Crippen molar-refractivity contribution < 1.29 is 29.7 Å². The fourth-order valence-electron chi connectivity index (χ4n) is 5.53. The van der Waals surface area contributed by atoms with Gasteiger partial charge in [0.15, 0.2) is 0 Å². The lowest BCUT2D eigenvalue weighted by molar-refractivity contribution is 0.0688. The summed E-state index contributed by atoms with van der Waals surface area (Å²) in [6.45, 7) is 0. The van der Waals surface area contributed by atoms with E-state index in [0.29, 0.717) is 16.7 Å². The number of nitrogens with zero attached hydrogens (tertiary/aromatic N) is 1. The van der Waals surface area contributed by atoms with E-state index in [2.05, 4.69) is 0 Å². The Morgan fingerprint density at radius 2 is 0.609 bits per heavy atom. The Balaban J connectivity index is 1.63. The maximum Gasteiger partial charge on any atom is 0.337 e. The fraction of sp³-hybridized carbons (Fsp3) is 0. The molecule has 0 aromatic heterocycles. The van der Waals surface area contributed by atoms with Crippen molar-refractivity contribution in [1.82, 2.24) is 0 Å². The molecule has 7 nitrogen and oxygen atoms in total. The van der Waals surface area contributed by atoms with Gasteiger partial charge in [0.1, 0.15) is 0 Å². The van der Waals surface area contributed by atoms with Crippen LogP contribution in [0.25, 0.3) is 33.4 Å². The molecular formula is C39H27NO6. The van der Waals surface area contributed by atoms with Crippen molar-refractivity contribution in [3.05, 3.63) is 162 Å². The van der Waals surface area contributed by atoms with Crippen molar-refractivity contribution >= 4 is 35.0 Å². The van der Waals surface area contributed by atoms with E-state index in [1.807, 2.05) is 91.0 Å². The zero-order valence-electron chi connectivity index (χ0n) is 24.4. The summed E-state index contributed by atoms with van der Waals surface area (Å²) in [6, 6.07) is 42.3. The summed E-state index contributed by atoms with van der Waals surface area (Å²) in [5.74, 6) is -3.77. The van der Waals surface area contributed by atoms with Crippen LogP contribution in [0.15, 0.2) is 146 Å². The largest absolute Gasteiger partial charge is 0.478 e. The quantitative estimate of drug-likeness (QED) is 0.150. The van der Waals surface area contributed by atoms with E-state index >= 15 is 0 Å². The molecule has 6 aromatic rings. The lowest BCUT2D eigenvalue weighted by Crippen LogP contribution is -2.20. The van der Waals surface area contributed by atoms with E-state index in [0.717, 1.165) is 16.7 Å². The van der Waals surface area contributed by atoms with Crippen LogP contribution in [0.1, 0.15) is 31.1 Å². The number of carboxylic acid groups (broad SMARTS) is 3. The van der Waals surface area contributed by atoms with Crippen molar-refractivity contribution in [2.75, 3.05) is 4.90 Å². The van der Waals surface area contributed by atoms with Gasteiger partial charge in [0.2, 0.25) is 0 Å². The lowest BCUT2D eigenvalue weighted by Gasteiger charge is -2.30. The van der Waals surface area contributed by atoms with Gasteiger partial charge in [-0.1, -0.05) is 109 Å². The summed E-state index contributed by atoms with van der Waals surface area (Å²) in [7, 11) is 0. The van der Waals surface area contributed by atoms with Crippen molar-refractivity contribution in [1.29, 1.82) is 0 Å². The Labute approximate surface area is 264 Å². The van der Waals surface area contributed by atoms with Crippen LogP contribution in [-0.4, -0.2) is 33.2 Å². The molecule has 0 aliphatic heterocycles. The first-order chi connectivity index (χ1) is 22.3. The van der Waals surface area contributed by atoms with Crippen molar-refractivity contribution in [2.24, 2.45) is 0 Å². The molecule has 46 heavy (non-hydrogen) atoms. The highest BCUT2D eigenvalue weighted by molar-refractivity contribution is 6.06. The molecule has 0 radical (unpaired) electrons. The molecule has 0 fully saturated rings. The van der Waals surface area contributed by atoms with Crippen molar-refractivity contribution in [3.63, 3.8) is 0 Å². The minimum Gasteiger partial charge on any atom is -0.478 e. The van der Waals surface area contributed by atoms with E-state index in [1.165, 1.54) is 23.1 Å². The number of aromatic carboxylic acids is 3. The molecule has 0 bridgehead atoms. The number of carboxylic acids is 3. The molecule has 6 rings (SSSR count).